The molecule has 0 saturated carbocycles. The van der Waals surface area contributed by atoms with E-state index < -0.39 is 7.41 Å². The van der Waals surface area contributed by atoms with Crippen molar-refractivity contribution in [2.45, 2.75) is 162 Å². The van der Waals surface area contributed by atoms with E-state index in [9.17, 15) is 4.79 Å². The first-order chi connectivity index (χ1) is 16.7. The molecule has 0 radical (unpaired) electrons. The van der Waals surface area contributed by atoms with E-state index in [0.717, 1.165) is 19.4 Å². The summed E-state index contributed by atoms with van der Waals surface area (Å²) in [6.45, 7) is 7.86. The van der Waals surface area contributed by atoms with Gasteiger partial charge in [0.05, 0.1) is 0 Å². The van der Waals surface area contributed by atoms with Gasteiger partial charge in [0, 0.05) is 0 Å². The van der Waals surface area contributed by atoms with Crippen molar-refractivity contribution < 1.29 is 4.79 Å². The summed E-state index contributed by atoms with van der Waals surface area (Å²) in [6.07, 6.45) is 33.2. The molecule has 4 heteroatoms. The molecule has 0 aromatic carbocycles. The van der Waals surface area contributed by atoms with E-state index in [1.807, 2.05) is 0 Å². The Morgan fingerprint density at radius 1 is 0.588 bits per heavy atom. The Labute approximate surface area is 215 Å². The number of amides is 1. The molecule has 0 aromatic rings. The van der Waals surface area contributed by atoms with E-state index in [2.05, 4.69) is 31.0 Å². The van der Waals surface area contributed by atoms with Crippen LogP contribution < -0.4 is 5.20 Å². The number of nitrogens with one attached hydrogen (secondary N) is 1. The topological polar surface area (TPSA) is 32.3 Å². The Balaban J connectivity index is 2.77. The van der Waals surface area contributed by atoms with Crippen LogP contribution in [-0.2, 0) is 4.79 Å². The van der Waals surface area contributed by atoms with Gasteiger partial charge in [-0.05, 0) is 0 Å². The zero-order chi connectivity index (χ0) is 24.7. The number of unbranched alkanes of at least 4 members (excludes halogenated alkanes) is 15. The molecular weight excluding hydrogens is 435 g/mol. The number of carbonyl (C=O) groups is 1. The summed E-state index contributed by atoms with van der Waals surface area (Å²) < 4.78 is 0. The standard InChI is InChI=1S/C30H63N2OP/c1-4-7-10-13-16-22-27-34(28-23-17-14-11-8-5-2,29-24-18-15-12-9-6-3)31-32-26-21-19-20-25-30(32)33/h31,34H,4-29H2,1-3H3. The van der Waals surface area contributed by atoms with Crippen LogP contribution in [0.5, 0.6) is 0 Å². The second-order valence-corrected chi connectivity index (χ2v) is 15.6. The predicted octanol–water partition coefficient (Wildman–Crippen LogP) is 9.64. The van der Waals surface area contributed by atoms with Crippen molar-refractivity contribution in [1.29, 1.82) is 0 Å². The summed E-state index contributed by atoms with van der Waals surface area (Å²) in [7, 11) is -1.70. The van der Waals surface area contributed by atoms with Crippen molar-refractivity contribution in [2.75, 3.05) is 25.0 Å². The fourth-order valence-electron chi connectivity index (χ4n) is 5.66. The summed E-state index contributed by atoms with van der Waals surface area (Å²) in [4.78, 5) is 12.9. The number of rotatable bonds is 23. The van der Waals surface area contributed by atoms with Crippen LogP contribution in [0.15, 0.2) is 0 Å². The average Bonchev–Trinajstić information content (AvgIpc) is 3.04. The molecule has 1 aliphatic rings. The molecule has 0 atom stereocenters. The van der Waals surface area contributed by atoms with Gasteiger partial charge in [-0.15, -0.1) is 0 Å². The van der Waals surface area contributed by atoms with E-state index in [1.54, 1.807) is 0 Å². The average molecular weight is 499 g/mol. The summed E-state index contributed by atoms with van der Waals surface area (Å²) in [5.74, 6) is 0.378. The van der Waals surface area contributed by atoms with Crippen LogP contribution >= 0.6 is 7.41 Å². The first kappa shape index (κ1) is 31.9. The van der Waals surface area contributed by atoms with Gasteiger partial charge in [-0.25, -0.2) is 0 Å². The van der Waals surface area contributed by atoms with Crippen molar-refractivity contribution in [3.8, 4) is 0 Å². The molecular formula is C30H63N2OP. The molecule has 1 amide bonds. The van der Waals surface area contributed by atoms with Gasteiger partial charge in [0.2, 0.25) is 0 Å². The quantitative estimate of drug-likeness (QED) is 0.112. The van der Waals surface area contributed by atoms with Crippen molar-refractivity contribution in [2.24, 2.45) is 0 Å². The Morgan fingerprint density at radius 3 is 1.44 bits per heavy atom. The fraction of sp³-hybridized carbons (Fsp3) is 0.967. The van der Waals surface area contributed by atoms with E-state index in [-0.39, 0.29) is 0 Å². The van der Waals surface area contributed by atoms with Gasteiger partial charge in [0.15, 0.2) is 0 Å². The number of carbonyl (C=O) groups excluding carboxylic acids is 1. The van der Waals surface area contributed by atoms with Crippen molar-refractivity contribution in [1.82, 2.24) is 10.2 Å². The summed E-state index contributed by atoms with van der Waals surface area (Å²) in [5.41, 5.74) is 0. The van der Waals surface area contributed by atoms with Crippen LogP contribution in [0, 0.1) is 0 Å². The molecule has 34 heavy (non-hydrogen) atoms. The Morgan fingerprint density at radius 2 is 1.00 bits per heavy atom. The molecule has 3 nitrogen and oxygen atoms in total. The zero-order valence-corrected chi connectivity index (χ0v) is 24.7. The predicted molar refractivity (Wildman–Crippen MR) is 156 cm³/mol. The summed E-state index contributed by atoms with van der Waals surface area (Å²) in [5, 5.41) is 6.22. The Hall–Kier alpha value is -0.140. The molecule has 1 heterocycles. The normalized spacial score (nSPS) is 15.6. The molecule has 1 N–H and O–H groups in total. The molecule has 204 valence electrons. The molecule has 0 bridgehead atoms. The van der Waals surface area contributed by atoms with Crippen LogP contribution in [-0.4, -0.2) is 35.9 Å². The van der Waals surface area contributed by atoms with Crippen LogP contribution in [0.25, 0.3) is 0 Å². The maximum absolute atomic E-state index is 12.9. The molecule has 1 rings (SSSR count). The van der Waals surface area contributed by atoms with E-state index in [1.165, 1.54) is 147 Å². The second kappa shape index (κ2) is 22.1. The third-order valence-electron chi connectivity index (χ3n) is 7.97. The van der Waals surface area contributed by atoms with Gasteiger partial charge >= 0.3 is 215 Å². The number of hydrogen-bond donors (Lipinski definition) is 1. The Kier molecular flexibility index (Phi) is 20.7. The summed E-state index contributed by atoms with van der Waals surface area (Å²) >= 11 is 0. The second-order valence-electron chi connectivity index (χ2n) is 11.3. The minimum absolute atomic E-state index is 0.378. The molecule has 0 aliphatic carbocycles. The monoisotopic (exact) mass is 498 g/mol. The van der Waals surface area contributed by atoms with E-state index in [4.69, 9.17) is 0 Å². The van der Waals surface area contributed by atoms with Crippen molar-refractivity contribution in [3.05, 3.63) is 0 Å². The fourth-order valence-corrected chi connectivity index (χ4v) is 10.3. The number of nitrogens with zero attached hydrogens (tertiary/aromatic N) is 1. The SMILES string of the molecule is CCCCCCCC[PH](CCCCCCCC)(CCCCCCCC)NN1CCCCCC1=O. The van der Waals surface area contributed by atoms with Gasteiger partial charge in [0.25, 0.3) is 0 Å². The van der Waals surface area contributed by atoms with Crippen molar-refractivity contribution >= 4 is 13.3 Å². The third kappa shape index (κ3) is 15.8. The van der Waals surface area contributed by atoms with E-state index in [0.29, 0.717) is 5.91 Å². The minimum atomic E-state index is -1.70. The zero-order valence-electron chi connectivity index (χ0n) is 23.7. The van der Waals surface area contributed by atoms with Gasteiger partial charge in [0.1, 0.15) is 0 Å². The number of hydrazine groups is 1. The van der Waals surface area contributed by atoms with Crippen molar-refractivity contribution in [3.63, 3.8) is 0 Å². The first-order valence-electron chi connectivity index (χ1n) is 15.8. The van der Waals surface area contributed by atoms with Gasteiger partial charge < -0.3 is 0 Å². The third-order valence-corrected chi connectivity index (χ3v) is 12.6. The van der Waals surface area contributed by atoms with Crippen LogP contribution in [0.4, 0.5) is 0 Å². The van der Waals surface area contributed by atoms with E-state index >= 15 is 0 Å². The molecule has 0 spiro atoms. The molecule has 0 aromatic heterocycles. The Bertz CT molecular complexity index is 430. The number of hydrogen-bond acceptors (Lipinski definition) is 2. The maximum atomic E-state index is 12.9. The molecule has 1 fully saturated rings. The van der Waals surface area contributed by atoms with Crippen LogP contribution in [0.2, 0.25) is 0 Å². The molecule has 1 saturated heterocycles. The van der Waals surface area contributed by atoms with Crippen LogP contribution in [0.3, 0.4) is 0 Å². The van der Waals surface area contributed by atoms with Gasteiger partial charge in [-0.3, -0.25) is 0 Å². The summed E-state index contributed by atoms with van der Waals surface area (Å²) in [6, 6.07) is 0. The van der Waals surface area contributed by atoms with Crippen LogP contribution in [0.1, 0.15) is 162 Å². The van der Waals surface area contributed by atoms with Gasteiger partial charge in [-0.1, -0.05) is 0 Å². The van der Waals surface area contributed by atoms with Gasteiger partial charge in [-0.2, -0.15) is 0 Å². The molecule has 0 unspecified atom stereocenters. The molecule has 1 aliphatic heterocycles. The first-order valence-corrected chi connectivity index (χ1v) is 18.4.